The smallest absolute Gasteiger partial charge is 0.0788 e. The molecule has 0 saturated heterocycles. The maximum atomic E-state index is 9.82. The van der Waals surface area contributed by atoms with E-state index in [0.717, 1.165) is 0 Å². The lowest BCUT2D eigenvalue weighted by molar-refractivity contribution is 0.0697. The summed E-state index contributed by atoms with van der Waals surface area (Å²) in [6.45, 7) is 4.12. The highest BCUT2D eigenvalue weighted by Crippen LogP contribution is 2.30. The van der Waals surface area contributed by atoms with E-state index >= 15 is 0 Å². The van der Waals surface area contributed by atoms with Gasteiger partial charge in [0.25, 0.3) is 0 Å². The number of halogens is 2. The van der Waals surface area contributed by atoms with Crippen LogP contribution < -0.4 is 5.32 Å². The minimum atomic E-state index is -0.748. The van der Waals surface area contributed by atoms with E-state index in [9.17, 15) is 5.11 Å². The van der Waals surface area contributed by atoms with Gasteiger partial charge in [0.1, 0.15) is 0 Å². The summed E-state index contributed by atoms with van der Waals surface area (Å²) in [6, 6.07) is 5.31. The van der Waals surface area contributed by atoms with Crippen molar-refractivity contribution in [3.63, 3.8) is 0 Å². The Labute approximate surface area is 100 Å². The van der Waals surface area contributed by atoms with Gasteiger partial charge in [-0.2, -0.15) is 0 Å². The lowest BCUT2D eigenvalue weighted by atomic mass is 10.0. The van der Waals surface area contributed by atoms with Gasteiger partial charge in [0.2, 0.25) is 0 Å². The second-order valence-corrected chi connectivity index (χ2v) is 4.62. The first-order valence-corrected chi connectivity index (χ1v) is 5.62. The Morgan fingerprint density at radius 3 is 2.33 bits per heavy atom. The molecule has 4 heteroatoms. The SMILES string of the molecule is CCC(C)(O)CNc1c(Cl)cccc1Cl. The average molecular weight is 248 g/mol. The quantitative estimate of drug-likeness (QED) is 0.853. The third-order valence-electron chi connectivity index (χ3n) is 2.37. The van der Waals surface area contributed by atoms with Crippen molar-refractivity contribution >= 4 is 28.9 Å². The third kappa shape index (κ3) is 3.56. The highest BCUT2D eigenvalue weighted by molar-refractivity contribution is 6.39. The van der Waals surface area contributed by atoms with Crippen LogP contribution in [0, 0.1) is 0 Å². The van der Waals surface area contributed by atoms with E-state index in [4.69, 9.17) is 23.2 Å². The summed E-state index contributed by atoms with van der Waals surface area (Å²) in [5, 5.41) is 14.0. The molecule has 0 amide bonds. The highest BCUT2D eigenvalue weighted by atomic mass is 35.5. The molecular formula is C11H15Cl2NO. The summed E-state index contributed by atoms with van der Waals surface area (Å²) in [5.74, 6) is 0. The first-order chi connectivity index (χ1) is 6.96. The van der Waals surface area contributed by atoms with Crippen LogP contribution in [0.2, 0.25) is 10.0 Å². The predicted molar refractivity (Wildman–Crippen MR) is 65.9 cm³/mol. The summed E-state index contributed by atoms with van der Waals surface area (Å²) in [6.07, 6.45) is 0.669. The first kappa shape index (κ1) is 12.6. The number of anilines is 1. The molecule has 15 heavy (non-hydrogen) atoms. The topological polar surface area (TPSA) is 32.3 Å². The number of benzene rings is 1. The lowest BCUT2D eigenvalue weighted by Crippen LogP contribution is -2.32. The maximum Gasteiger partial charge on any atom is 0.0788 e. The number of hydrogen-bond donors (Lipinski definition) is 2. The molecule has 0 aliphatic carbocycles. The van der Waals surface area contributed by atoms with Crippen LogP contribution in [0.1, 0.15) is 20.3 Å². The molecule has 0 heterocycles. The Hall–Kier alpha value is -0.440. The molecule has 0 radical (unpaired) electrons. The summed E-state index contributed by atoms with van der Waals surface area (Å²) < 4.78 is 0. The van der Waals surface area contributed by atoms with Crippen LogP contribution in [0.25, 0.3) is 0 Å². The highest BCUT2D eigenvalue weighted by Gasteiger charge is 2.18. The molecule has 0 saturated carbocycles. The van der Waals surface area contributed by atoms with E-state index < -0.39 is 5.60 Å². The summed E-state index contributed by atoms with van der Waals surface area (Å²) in [7, 11) is 0. The summed E-state index contributed by atoms with van der Waals surface area (Å²) >= 11 is 11.9. The van der Waals surface area contributed by atoms with Crippen molar-refractivity contribution in [1.82, 2.24) is 0 Å². The van der Waals surface area contributed by atoms with Gasteiger partial charge in [0.05, 0.1) is 21.3 Å². The Bertz CT molecular complexity index is 319. The largest absolute Gasteiger partial charge is 0.388 e. The number of para-hydroxylation sites is 1. The van der Waals surface area contributed by atoms with Gasteiger partial charge in [-0.25, -0.2) is 0 Å². The fraction of sp³-hybridized carbons (Fsp3) is 0.455. The van der Waals surface area contributed by atoms with Crippen LogP contribution in [-0.2, 0) is 0 Å². The van der Waals surface area contributed by atoms with Crippen LogP contribution in [0.3, 0.4) is 0 Å². The third-order valence-corrected chi connectivity index (χ3v) is 3.00. The van der Waals surface area contributed by atoms with Crippen molar-refractivity contribution in [3.05, 3.63) is 28.2 Å². The Balaban J connectivity index is 2.73. The maximum absolute atomic E-state index is 9.82. The van der Waals surface area contributed by atoms with Gasteiger partial charge in [-0.1, -0.05) is 36.2 Å². The summed E-state index contributed by atoms with van der Waals surface area (Å²) in [4.78, 5) is 0. The second kappa shape index (κ2) is 5.06. The number of nitrogens with one attached hydrogen (secondary N) is 1. The minimum Gasteiger partial charge on any atom is -0.388 e. The molecule has 1 unspecified atom stereocenters. The van der Waals surface area contributed by atoms with Gasteiger partial charge in [-0.15, -0.1) is 0 Å². The van der Waals surface area contributed by atoms with Crippen molar-refractivity contribution < 1.29 is 5.11 Å². The molecule has 84 valence electrons. The predicted octanol–water partition coefficient (Wildman–Crippen LogP) is 3.57. The van der Waals surface area contributed by atoms with E-state index in [2.05, 4.69) is 5.32 Å². The molecule has 0 aromatic heterocycles. The van der Waals surface area contributed by atoms with E-state index in [-0.39, 0.29) is 0 Å². The molecule has 0 bridgehead atoms. The van der Waals surface area contributed by atoms with Crippen LogP contribution >= 0.6 is 23.2 Å². The van der Waals surface area contributed by atoms with Crippen LogP contribution in [-0.4, -0.2) is 17.3 Å². The van der Waals surface area contributed by atoms with Gasteiger partial charge in [-0.3, -0.25) is 0 Å². The number of aliphatic hydroxyl groups is 1. The molecule has 1 aromatic carbocycles. The van der Waals surface area contributed by atoms with Crippen molar-refractivity contribution in [2.75, 3.05) is 11.9 Å². The summed E-state index contributed by atoms with van der Waals surface area (Å²) in [5.41, 5.74) is -0.0720. The van der Waals surface area contributed by atoms with Gasteiger partial charge < -0.3 is 10.4 Å². The van der Waals surface area contributed by atoms with Gasteiger partial charge in [0.15, 0.2) is 0 Å². The normalized spacial score (nSPS) is 14.7. The molecular weight excluding hydrogens is 233 g/mol. The van der Waals surface area contributed by atoms with Crippen LogP contribution in [0.5, 0.6) is 0 Å². The van der Waals surface area contributed by atoms with E-state index in [0.29, 0.717) is 28.7 Å². The Morgan fingerprint density at radius 2 is 1.87 bits per heavy atom. The fourth-order valence-electron chi connectivity index (χ4n) is 1.07. The zero-order valence-corrected chi connectivity index (χ0v) is 10.4. The monoisotopic (exact) mass is 247 g/mol. The average Bonchev–Trinajstić information content (AvgIpc) is 2.17. The molecule has 2 nitrogen and oxygen atoms in total. The fourth-order valence-corrected chi connectivity index (χ4v) is 1.60. The van der Waals surface area contributed by atoms with E-state index in [1.54, 1.807) is 25.1 Å². The molecule has 1 atom stereocenters. The van der Waals surface area contributed by atoms with Gasteiger partial charge in [0, 0.05) is 6.54 Å². The van der Waals surface area contributed by atoms with Crippen molar-refractivity contribution in [2.45, 2.75) is 25.9 Å². The number of hydrogen-bond acceptors (Lipinski definition) is 2. The van der Waals surface area contributed by atoms with Gasteiger partial charge in [-0.05, 0) is 25.5 Å². The van der Waals surface area contributed by atoms with E-state index in [1.807, 2.05) is 6.92 Å². The first-order valence-electron chi connectivity index (χ1n) is 4.86. The van der Waals surface area contributed by atoms with Gasteiger partial charge >= 0.3 is 0 Å². The lowest BCUT2D eigenvalue weighted by Gasteiger charge is -2.23. The molecule has 1 aromatic rings. The van der Waals surface area contributed by atoms with E-state index in [1.165, 1.54) is 0 Å². The zero-order valence-electron chi connectivity index (χ0n) is 8.85. The van der Waals surface area contributed by atoms with Crippen molar-refractivity contribution in [1.29, 1.82) is 0 Å². The molecule has 0 fully saturated rings. The van der Waals surface area contributed by atoms with Crippen LogP contribution in [0.15, 0.2) is 18.2 Å². The standard InChI is InChI=1S/C11H15Cl2NO/c1-3-11(2,15)7-14-10-8(12)5-4-6-9(10)13/h4-6,14-15H,3,7H2,1-2H3. The minimum absolute atomic E-state index is 0.424. The zero-order chi connectivity index (χ0) is 11.5. The van der Waals surface area contributed by atoms with Crippen molar-refractivity contribution in [2.24, 2.45) is 0 Å². The molecule has 2 N–H and O–H groups in total. The van der Waals surface area contributed by atoms with Crippen molar-refractivity contribution in [3.8, 4) is 0 Å². The Morgan fingerprint density at radius 1 is 1.33 bits per heavy atom. The molecule has 1 rings (SSSR count). The Kier molecular flexibility index (Phi) is 4.26. The molecule has 0 aliphatic heterocycles. The molecule has 0 spiro atoms. The van der Waals surface area contributed by atoms with Crippen LogP contribution in [0.4, 0.5) is 5.69 Å². The number of rotatable bonds is 4. The molecule has 0 aliphatic rings. The second-order valence-electron chi connectivity index (χ2n) is 3.80.